The van der Waals surface area contributed by atoms with Gasteiger partial charge in [0.1, 0.15) is 11.1 Å². The topological polar surface area (TPSA) is 78.2 Å². The van der Waals surface area contributed by atoms with Crippen LogP contribution in [0.2, 0.25) is 0 Å². The van der Waals surface area contributed by atoms with Crippen LogP contribution in [0.4, 0.5) is 5.69 Å². The summed E-state index contributed by atoms with van der Waals surface area (Å²) in [6, 6.07) is 9.52. The first-order valence-electron chi connectivity index (χ1n) is 7.90. The van der Waals surface area contributed by atoms with Crippen molar-refractivity contribution in [3.05, 3.63) is 45.9 Å². The monoisotopic (exact) mass is 340 g/mol. The first kappa shape index (κ1) is 15.1. The summed E-state index contributed by atoms with van der Waals surface area (Å²) in [4.78, 5) is 19.1. The third-order valence-corrected chi connectivity index (χ3v) is 5.21. The molecule has 0 aliphatic carbocycles. The molecule has 1 aromatic carbocycles. The highest BCUT2D eigenvalue weighted by molar-refractivity contribution is 7.09. The zero-order valence-electron chi connectivity index (χ0n) is 12.9. The molecule has 2 atom stereocenters. The number of para-hydroxylation sites is 1. The average molecular weight is 340 g/mol. The number of aromatic nitrogens is 1. The number of hydrogen-bond acceptors (Lipinski definition) is 6. The number of anilines is 1. The molecule has 0 spiro atoms. The van der Waals surface area contributed by atoms with Crippen LogP contribution >= 0.6 is 11.3 Å². The Bertz CT molecular complexity index is 807. The van der Waals surface area contributed by atoms with Gasteiger partial charge in [-0.05, 0) is 25.0 Å². The van der Waals surface area contributed by atoms with Crippen LogP contribution in [0.5, 0.6) is 0 Å². The van der Waals surface area contributed by atoms with Gasteiger partial charge in [0.15, 0.2) is 11.9 Å². The molecule has 1 amide bonds. The number of nitriles is 1. The van der Waals surface area contributed by atoms with E-state index >= 15 is 0 Å². The Balaban J connectivity index is 1.70. The number of thiazole rings is 1. The van der Waals surface area contributed by atoms with Crippen LogP contribution in [0.1, 0.15) is 40.1 Å². The smallest absolute Gasteiger partial charge is 0.258 e. The second kappa shape index (κ2) is 6.23. The Labute approximate surface area is 143 Å². The van der Waals surface area contributed by atoms with E-state index in [-0.39, 0.29) is 18.2 Å². The van der Waals surface area contributed by atoms with Crippen LogP contribution in [0.3, 0.4) is 0 Å². The maximum atomic E-state index is 13.0. The van der Waals surface area contributed by atoms with Crippen molar-refractivity contribution < 1.29 is 9.53 Å². The van der Waals surface area contributed by atoms with Crippen LogP contribution < -0.4 is 5.32 Å². The minimum atomic E-state index is -0.372. The molecule has 2 unspecified atom stereocenters. The number of carbonyl (C=O) groups is 1. The minimum Gasteiger partial charge on any atom is -0.376 e. The van der Waals surface area contributed by atoms with Crippen molar-refractivity contribution in [2.24, 2.45) is 0 Å². The van der Waals surface area contributed by atoms with E-state index in [1.165, 1.54) is 11.3 Å². The van der Waals surface area contributed by atoms with Gasteiger partial charge in [0, 0.05) is 24.2 Å². The first-order valence-corrected chi connectivity index (χ1v) is 8.78. The maximum absolute atomic E-state index is 13.0. The molecule has 24 heavy (non-hydrogen) atoms. The van der Waals surface area contributed by atoms with E-state index < -0.39 is 0 Å². The molecular weight excluding hydrogens is 324 g/mol. The summed E-state index contributed by atoms with van der Waals surface area (Å²) in [5.74, 6) is -0.0291. The lowest BCUT2D eigenvalue weighted by atomic mass is 10.1. The number of carbonyl (C=O) groups excluding carboxylic acids is 1. The number of amides is 1. The van der Waals surface area contributed by atoms with E-state index in [0.29, 0.717) is 22.8 Å². The van der Waals surface area contributed by atoms with Gasteiger partial charge in [-0.1, -0.05) is 12.1 Å². The van der Waals surface area contributed by atoms with E-state index in [1.807, 2.05) is 30.3 Å². The third kappa shape index (κ3) is 2.64. The number of nitrogens with zero attached hydrogens (tertiary/aromatic N) is 3. The Morgan fingerprint density at radius 1 is 1.46 bits per heavy atom. The lowest BCUT2D eigenvalue weighted by Crippen LogP contribution is -2.46. The van der Waals surface area contributed by atoms with Gasteiger partial charge in [-0.3, -0.25) is 4.79 Å². The zero-order chi connectivity index (χ0) is 16.5. The number of hydrogen-bond donors (Lipinski definition) is 1. The summed E-state index contributed by atoms with van der Waals surface area (Å²) < 4.78 is 5.71. The Morgan fingerprint density at radius 2 is 2.33 bits per heavy atom. The Morgan fingerprint density at radius 3 is 3.08 bits per heavy atom. The number of rotatable bonds is 3. The van der Waals surface area contributed by atoms with Crippen LogP contribution in [-0.2, 0) is 4.74 Å². The highest BCUT2D eigenvalue weighted by atomic mass is 32.1. The highest BCUT2D eigenvalue weighted by Crippen LogP contribution is 2.35. The van der Waals surface area contributed by atoms with Crippen molar-refractivity contribution in [1.82, 2.24) is 9.88 Å². The van der Waals surface area contributed by atoms with E-state index in [2.05, 4.69) is 10.3 Å². The summed E-state index contributed by atoms with van der Waals surface area (Å²) in [6.45, 7) is 1.27. The third-order valence-electron chi connectivity index (χ3n) is 4.32. The molecule has 2 aromatic rings. The highest BCUT2D eigenvalue weighted by Gasteiger charge is 2.36. The van der Waals surface area contributed by atoms with Crippen molar-refractivity contribution in [3.8, 4) is 6.07 Å². The van der Waals surface area contributed by atoms with Gasteiger partial charge >= 0.3 is 0 Å². The van der Waals surface area contributed by atoms with Crippen molar-refractivity contribution in [2.75, 3.05) is 18.5 Å². The van der Waals surface area contributed by atoms with E-state index in [9.17, 15) is 4.79 Å². The van der Waals surface area contributed by atoms with Crippen molar-refractivity contribution >= 4 is 22.9 Å². The van der Waals surface area contributed by atoms with E-state index in [1.54, 1.807) is 10.3 Å². The zero-order valence-corrected chi connectivity index (χ0v) is 13.8. The number of ether oxygens (including phenoxy) is 1. The van der Waals surface area contributed by atoms with Gasteiger partial charge in [-0.15, -0.1) is 11.3 Å². The van der Waals surface area contributed by atoms with Gasteiger partial charge in [0.25, 0.3) is 5.91 Å². The average Bonchev–Trinajstić information content (AvgIpc) is 3.29. The fourth-order valence-corrected chi connectivity index (χ4v) is 3.95. The van der Waals surface area contributed by atoms with Crippen molar-refractivity contribution in [2.45, 2.75) is 25.1 Å². The van der Waals surface area contributed by atoms with Crippen LogP contribution in [0, 0.1) is 11.3 Å². The van der Waals surface area contributed by atoms with Crippen LogP contribution in [0.25, 0.3) is 0 Å². The van der Waals surface area contributed by atoms with Crippen molar-refractivity contribution in [1.29, 1.82) is 5.26 Å². The molecule has 122 valence electrons. The van der Waals surface area contributed by atoms with Gasteiger partial charge in [-0.25, -0.2) is 4.98 Å². The van der Waals surface area contributed by atoms with Gasteiger partial charge in [0.05, 0.1) is 11.7 Å². The van der Waals surface area contributed by atoms with Crippen LogP contribution in [-0.4, -0.2) is 35.0 Å². The van der Waals surface area contributed by atoms with Gasteiger partial charge < -0.3 is 15.0 Å². The lowest BCUT2D eigenvalue weighted by Gasteiger charge is -2.37. The molecule has 1 N–H and O–H groups in total. The molecule has 0 radical (unpaired) electrons. The quantitative estimate of drug-likeness (QED) is 0.929. The molecule has 6 nitrogen and oxygen atoms in total. The predicted octanol–water partition coefficient (Wildman–Crippen LogP) is 2.76. The first-order chi connectivity index (χ1) is 11.8. The number of fused-ring (bicyclic) bond motifs is 1. The molecular formula is C17H16N4O2S. The predicted molar refractivity (Wildman–Crippen MR) is 89.6 cm³/mol. The fourth-order valence-electron chi connectivity index (χ4n) is 3.15. The minimum absolute atomic E-state index is 0.0291. The normalized spacial score (nSPS) is 22.8. The van der Waals surface area contributed by atoms with Gasteiger partial charge in [-0.2, -0.15) is 5.26 Å². The standard InChI is InChI=1S/C17H16N4O2S/c18-8-11-10-24-16(19-11)15-20-14-6-2-1-5-13(14)17(22)21(15)9-12-4-3-7-23-12/h1-2,5-6,10,12,15,20H,3-4,7,9H2. The fraction of sp³-hybridized carbons (Fsp3) is 0.353. The summed E-state index contributed by atoms with van der Waals surface area (Å²) in [7, 11) is 0. The number of benzene rings is 1. The molecule has 4 rings (SSSR count). The molecule has 7 heteroatoms. The lowest BCUT2D eigenvalue weighted by molar-refractivity contribution is 0.0426. The second-order valence-corrected chi connectivity index (χ2v) is 6.76. The molecule has 2 aliphatic rings. The summed E-state index contributed by atoms with van der Waals surface area (Å²) in [6.07, 6.45) is 1.67. The maximum Gasteiger partial charge on any atom is 0.258 e. The van der Waals surface area contributed by atoms with Crippen molar-refractivity contribution in [3.63, 3.8) is 0 Å². The number of nitrogens with one attached hydrogen (secondary N) is 1. The van der Waals surface area contributed by atoms with E-state index in [0.717, 1.165) is 25.1 Å². The SMILES string of the molecule is N#Cc1csc(C2Nc3ccccc3C(=O)N2CC2CCCO2)n1. The molecule has 1 saturated heterocycles. The summed E-state index contributed by atoms with van der Waals surface area (Å²) in [5, 5.41) is 14.9. The largest absolute Gasteiger partial charge is 0.376 e. The summed E-state index contributed by atoms with van der Waals surface area (Å²) >= 11 is 1.39. The molecule has 2 aliphatic heterocycles. The van der Waals surface area contributed by atoms with Gasteiger partial charge in [0.2, 0.25) is 0 Å². The molecule has 1 fully saturated rings. The second-order valence-electron chi connectivity index (χ2n) is 5.87. The molecule has 0 bridgehead atoms. The van der Waals surface area contributed by atoms with E-state index in [4.69, 9.17) is 10.00 Å². The van der Waals surface area contributed by atoms with Crippen LogP contribution in [0.15, 0.2) is 29.6 Å². The Hall–Kier alpha value is -2.43. The molecule has 1 aromatic heterocycles. The Kier molecular flexibility index (Phi) is 3.92. The summed E-state index contributed by atoms with van der Waals surface area (Å²) in [5.41, 5.74) is 1.83. The molecule has 0 saturated carbocycles. The molecule has 3 heterocycles.